The lowest BCUT2D eigenvalue weighted by Crippen LogP contribution is -2.47. The minimum atomic E-state index is -0.304. The number of carbonyl (C=O) groups excluding carboxylic acids is 2. The Hall–Kier alpha value is -2.08. The second-order valence-electron chi connectivity index (χ2n) is 5.61. The highest BCUT2D eigenvalue weighted by atomic mass is 16.5. The zero-order chi connectivity index (χ0) is 15.9. The topological polar surface area (TPSA) is 84.7 Å². The van der Waals surface area contributed by atoms with Gasteiger partial charge in [-0.25, -0.2) is 0 Å². The number of nitrogens with one attached hydrogen (secondary N) is 1. The number of benzene rings is 1. The Bertz CT molecular complexity index is 508. The second-order valence-corrected chi connectivity index (χ2v) is 5.61. The molecule has 1 fully saturated rings. The molecule has 1 aromatic carbocycles. The molecular weight excluding hydrogens is 282 g/mol. The first-order chi connectivity index (χ1) is 10.6. The first-order valence-corrected chi connectivity index (χ1v) is 7.50. The lowest BCUT2D eigenvalue weighted by Gasteiger charge is -2.31. The Morgan fingerprint density at radius 2 is 1.91 bits per heavy atom. The first-order valence-electron chi connectivity index (χ1n) is 7.50. The van der Waals surface area contributed by atoms with E-state index in [1.54, 1.807) is 7.11 Å². The molecule has 0 unspecified atom stereocenters. The van der Waals surface area contributed by atoms with Crippen molar-refractivity contribution in [2.45, 2.75) is 25.3 Å². The minimum absolute atomic E-state index is 0.0264. The summed E-state index contributed by atoms with van der Waals surface area (Å²) in [5, 5.41) is 3.06. The van der Waals surface area contributed by atoms with Crippen LogP contribution in [0.15, 0.2) is 24.3 Å². The molecule has 0 spiro atoms. The smallest absolute Gasteiger partial charge is 0.231 e. The number of nitrogens with zero attached hydrogens (tertiary/aromatic N) is 1. The molecule has 2 amide bonds. The molecule has 0 saturated carbocycles. The molecule has 6 heteroatoms. The summed E-state index contributed by atoms with van der Waals surface area (Å²) in [6, 6.07) is 7.67. The van der Waals surface area contributed by atoms with Crippen LogP contribution in [0.5, 0.6) is 5.75 Å². The molecule has 0 aliphatic carbocycles. The highest BCUT2D eigenvalue weighted by Crippen LogP contribution is 2.13. The third kappa shape index (κ3) is 5.04. The van der Waals surface area contributed by atoms with Crippen LogP contribution in [0.3, 0.4) is 0 Å². The molecule has 120 valence electrons. The molecule has 0 atom stereocenters. The predicted octanol–water partition coefficient (Wildman–Crippen LogP) is 0.304. The van der Waals surface area contributed by atoms with Gasteiger partial charge in [-0.05, 0) is 30.5 Å². The summed E-state index contributed by atoms with van der Waals surface area (Å²) in [5.41, 5.74) is 6.15. The van der Waals surface area contributed by atoms with Gasteiger partial charge < -0.3 is 15.8 Å². The zero-order valence-electron chi connectivity index (χ0n) is 12.9. The SMILES string of the molecule is COc1ccc(CC(=O)NC2CCN(CC(N)=O)CC2)cc1. The normalized spacial score (nSPS) is 16.2. The second kappa shape index (κ2) is 7.79. The van der Waals surface area contributed by atoms with E-state index in [4.69, 9.17) is 10.5 Å². The highest BCUT2D eigenvalue weighted by molar-refractivity contribution is 5.79. The Balaban J connectivity index is 1.74. The molecule has 1 aliphatic heterocycles. The number of carbonyl (C=O) groups is 2. The highest BCUT2D eigenvalue weighted by Gasteiger charge is 2.21. The van der Waals surface area contributed by atoms with Gasteiger partial charge in [-0.2, -0.15) is 0 Å². The van der Waals surface area contributed by atoms with Crippen molar-refractivity contribution in [3.05, 3.63) is 29.8 Å². The van der Waals surface area contributed by atoms with Crippen molar-refractivity contribution >= 4 is 11.8 Å². The fourth-order valence-electron chi connectivity index (χ4n) is 2.66. The summed E-state index contributed by atoms with van der Waals surface area (Å²) < 4.78 is 5.10. The standard InChI is InChI=1S/C16H23N3O3/c1-22-14-4-2-12(3-5-14)10-16(21)18-13-6-8-19(9-7-13)11-15(17)20/h2-5,13H,6-11H2,1H3,(H2,17,20)(H,18,21). The summed E-state index contributed by atoms with van der Waals surface area (Å²) in [6.07, 6.45) is 2.06. The van der Waals surface area contributed by atoms with E-state index in [0.29, 0.717) is 13.0 Å². The monoisotopic (exact) mass is 305 g/mol. The first kappa shape index (κ1) is 16.3. The van der Waals surface area contributed by atoms with Gasteiger partial charge in [0.25, 0.3) is 0 Å². The lowest BCUT2D eigenvalue weighted by molar-refractivity contribution is -0.122. The minimum Gasteiger partial charge on any atom is -0.497 e. The summed E-state index contributed by atoms with van der Waals surface area (Å²) in [4.78, 5) is 25.0. The number of hydrogen-bond donors (Lipinski definition) is 2. The molecule has 1 aromatic rings. The van der Waals surface area contributed by atoms with Crippen LogP contribution in [0.4, 0.5) is 0 Å². The molecule has 22 heavy (non-hydrogen) atoms. The average Bonchev–Trinajstić information content (AvgIpc) is 2.49. The van der Waals surface area contributed by atoms with E-state index in [2.05, 4.69) is 5.32 Å². The number of likely N-dealkylation sites (tertiary alicyclic amines) is 1. The molecule has 2 rings (SSSR count). The van der Waals surface area contributed by atoms with Gasteiger partial charge >= 0.3 is 0 Å². The largest absolute Gasteiger partial charge is 0.497 e. The van der Waals surface area contributed by atoms with Crippen molar-refractivity contribution in [3.8, 4) is 5.75 Å². The quantitative estimate of drug-likeness (QED) is 0.792. The fraction of sp³-hybridized carbons (Fsp3) is 0.500. The third-order valence-corrected chi connectivity index (χ3v) is 3.86. The van der Waals surface area contributed by atoms with Gasteiger partial charge in [-0.1, -0.05) is 12.1 Å². The van der Waals surface area contributed by atoms with E-state index in [-0.39, 0.29) is 17.9 Å². The maximum Gasteiger partial charge on any atom is 0.231 e. The number of ether oxygens (including phenoxy) is 1. The fourth-order valence-corrected chi connectivity index (χ4v) is 2.66. The summed E-state index contributed by atoms with van der Waals surface area (Å²) in [6.45, 7) is 1.87. The third-order valence-electron chi connectivity index (χ3n) is 3.86. The van der Waals surface area contributed by atoms with E-state index >= 15 is 0 Å². The van der Waals surface area contributed by atoms with Crippen LogP contribution >= 0.6 is 0 Å². The van der Waals surface area contributed by atoms with E-state index in [1.165, 1.54) is 0 Å². The molecule has 6 nitrogen and oxygen atoms in total. The van der Waals surface area contributed by atoms with Crippen LogP contribution in [-0.4, -0.2) is 49.5 Å². The van der Waals surface area contributed by atoms with Gasteiger partial charge in [0.15, 0.2) is 0 Å². The molecule has 1 aliphatic rings. The molecular formula is C16H23N3O3. The van der Waals surface area contributed by atoms with Crippen molar-refractivity contribution in [2.24, 2.45) is 5.73 Å². The molecule has 0 bridgehead atoms. The van der Waals surface area contributed by atoms with Crippen LogP contribution in [0.1, 0.15) is 18.4 Å². The number of nitrogens with two attached hydrogens (primary N) is 1. The van der Waals surface area contributed by atoms with Crippen LogP contribution in [0.2, 0.25) is 0 Å². The van der Waals surface area contributed by atoms with E-state index in [9.17, 15) is 9.59 Å². The van der Waals surface area contributed by atoms with Crippen molar-refractivity contribution in [2.75, 3.05) is 26.7 Å². The summed E-state index contributed by atoms with van der Waals surface area (Å²) in [7, 11) is 1.62. The number of methoxy groups -OCH3 is 1. The van der Waals surface area contributed by atoms with Crippen LogP contribution in [0.25, 0.3) is 0 Å². The van der Waals surface area contributed by atoms with Gasteiger partial charge in [-0.3, -0.25) is 14.5 Å². The van der Waals surface area contributed by atoms with Gasteiger partial charge in [0.2, 0.25) is 11.8 Å². The van der Waals surface area contributed by atoms with E-state index in [0.717, 1.165) is 37.2 Å². The van der Waals surface area contributed by atoms with Gasteiger partial charge in [0, 0.05) is 19.1 Å². The Morgan fingerprint density at radius 3 is 2.45 bits per heavy atom. The summed E-state index contributed by atoms with van der Waals surface area (Å²) >= 11 is 0. The Labute approximate surface area is 130 Å². The number of hydrogen-bond acceptors (Lipinski definition) is 4. The van der Waals surface area contributed by atoms with E-state index < -0.39 is 0 Å². The van der Waals surface area contributed by atoms with Gasteiger partial charge in [0.05, 0.1) is 20.1 Å². The van der Waals surface area contributed by atoms with Gasteiger partial charge in [-0.15, -0.1) is 0 Å². The molecule has 1 saturated heterocycles. The lowest BCUT2D eigenvalue weighted by atomic mass is 10.0. The van der Waals surface area contributed by atoms with Crippen molar-refractivity contribution < 1.29 is 14.3 Å². The Morgan fingerprint density at radius 1 is 1.27 bits per heavy atom. The molecule has 0 aromatic heterocycles. The number of piperidine rings is 1. The predicted molar refractivity (Wildman–Crippen MR) is 83.5 cm³/mol. The maximum absolute atomic E-state index is 12.1. The molecule has 3 N–H and O–H groups in total. The van der Waals surface area contributed by atoms with Crippen LogP contribution in [-0.2, 0) is 16.0 Å². The number of primary amides is 1. The maximum atomic E-state index is 12.1. The van der Waals surface area contributed by atoms with E-state index in [1.807, 2.05) is 29.2 Å². The van der Waals surface area contributed by atoms with Crippen LogP contribution < -0.4 is 15.8 Å². The van der Waals surface area contributed by atoms with Crippen LogP contribution in [0, 0.1) is 0 Å². The van der Waals surface area contributed by atoms with Crippen molar-refractivity contribution in [1.29, 1.82) is 0 Å². The summed E-state index contributed by atoms with van der Waals surface area (Å²) in [5.74, 6) is 0.506. The molecule has 1 heterocycles. The van der Waals surface area contributed by atoms with Crippen molar-refractivity contribution in [1.82, 2.24) is 10.2 Å². The number of amides is 2. The average molecular weight is 305 g/mol. The number of rotatable bonds is 6. The van der Waals surface area contributed by atoms with Gasteiger partial charge in [0.1, 0.15) is 5.75 Å². The zero-order valence-corrected chi connectivity index (χ0v) is 12.9. The molecule has 0 radical (unpaired) electrons. The Kier molecular flexibility index (Phi) is 5.77. The van der Waals surface area contributed by atoms with Crippen molar-refractivity contribution in [3.63, 3.8) is 0 Å².